The largest absolute Gasteiger partial charge is 0.457 e. The van der Waals surface area contributed by atoms with Crippen molar-refractivity contribution < 1.29 is 9.52 Å². The van der Waals surface area contributed by atoms with Gasteiger partial charge in [0, 0.05) is 5.56 Å². The topological polar surface area (TPSA) is 33.4 Å². The van der Waals surface area contributed by atoms with E-state index in [2.05, 4.69) is 15.9 Å². The Labute approximate surface area is 79.7 Å². The predicted molar refractivity (Wildman–Crippen MR) is 48.7 cm³/mol. The number of hydrogen-bond acceptors (Lipinski definition) is 2. The molecule has 66 valence electrons. The van der Waals surface area contributed by atoms with Crippen LogP contribution < -0.4 is 0 Å². The standard InChI is InChI=1S/C9H11BrO2/c10-9-7(4-5-12-9)8(11)6-2-1-3-6/h4-6,8,11H,1-3H2. The first-order valence-electron chi connectivity index (χ1n) is 4.20. The molecule has 1 aliphatic carbocycles. The van der Waals surface area contributed by atoms with Crippen LogP contribution in [-0.4, -0.2) is 5.11 Å². The van der Waals surface area contributed by atoms with E-state index < -0.39 is 0 Å². The molecule has 0 amide bonds. The minimum absolute atomic E-state index is 0.341. The Hall–Kier alpha value is -0.280. The lowest BCUT2D eigenvalue weighted by molar-refractivity contribution is 0.0608. The van der Waals surface area contributed by atoms with Crippen molar-refractivity contribution in [3.8, 4) is 0 Å². The molecule has 0 spiro atoms. The Morgan fingerprint density at radius 3 is 2.75 bits per heavy atom. The van der Waals surface area contributed by atoms with Gasteiger partial charge in [0.05, 0.1) is 12.4 Å². The maximum absolute atomic E-state index is 9.82. The van der Waals surface area contributed by atoms with Crippen molar-refractivity contribution in [2.75, 3.05) is 0 Å². The van der Waals surface area contributed by atoms with E-state index in [0.29, 0.717) is 10.6 Å². The third-order valence-electron chi connectivity index (χ3n) is 2.56. The highest BCUT2D eigenvalue weighted by Crippen LogP contribution is 2.39. The van der Waals surface area contributed by atoms with Gasteiger partial charge >= 0.3 is 0 Å². The second kappa shape index (κ2) is 3.23. The molecule has 1 saturated carbocycles. The van der Waals surface area contributed by atoms with Crippen molar-refractivity contribution in [3.05, 3.63) is 22.6 Å². The normalized spacial score (nSPS) is 20.5. The lowest BCUT2D eigenvalue weighted by atomic mass is 9.79. The van der Waals surface area contributed by atoms with Crippen LogP contribution in [0.4, 0.5) is 0 Å². The second-order valence-electron chi connectivity index (χ2n) is 3.29. The van der Waals surface area contributed by atoms with Crippen molar-refractivity contribution in [1.29, 1.82) is 0 Å². The number of rotatable bonds is 2. The summed E-state index contributed by atoms with van der Waals surface area (Å²) < 4.78 is 5.73. The van der Waals surface area contributed by atoms with E-state index in [0.717, 1.165) is 18.4 Å². The third kappa shape index (κ3) is 1.31. The Morgan fingerprint density at radius 1 is 1.58 bits per heavy atom. The fraction of sp³-hybridized carbons (Fsp3) is 0.556. The number of furan rings is 1. The number of aliphatic hydroxyl groups is 1. The van der Waals surface area contributed by atoms with E-state index in [1.807, 2.05) is 6.07 Å². The van der Waals surface area contributed by atoms with Crippen molar-refractivity contribution in [2.45, 2.75) is 25.4 Å². The van der Waals surface area contributed by atoms with Crippen LogP contribution in [0, 0.1) is 5.92 Å². The molecule has 12 heavy (non-hydrogen) atoms. The highest BCUT2D eigenvalue weighted by molar-refractivity contribution is 9.10. The van der Waals surface area contributed by atoms with Gasteiger partial charge in [0.25, 0.3) is 0 Å². The van der Waals surface area contributed by atoms with Gasteiger partial charge < -0.3 is 9.52 Å². The summed E-state index contributed by atoms with van der Waals surface area (Å²) in [5, 5.41) is 9.82. The minimum Gasteiger partial charge on any atom is -0.457 e. The van der Waals surface area contributed by atoms with Crippen molar-refractivity contribution in [3.63, 3.8) is 0 Å². The molecule has 3 heteroatoms. The average Bonchev–Trinajstić information content (AvgIpc) is 2.31. The Morgan fingerprint density at radius 2 is 2.33 bits per heavy atom. The van der Waals surface area contributed by atoms with E-state index in [-0.39, 0.29) is 6.10 Å². The molecule has 0 aromatic carbocycles. The molecule has 1 fully saturated rings. The first kappa shape index (κ1) is 8.32. The van der Waals surface area contributed by atoms with Crippen LogP contribution in [0.2, 0.25) is 0 Å². The van der Waals surface area contributed by atoms with E-state index >= 15 is 0 Å². The zero-order chi connectivity index (χ0) is 8.55. The molecule has 1 unspecified atom stereocenters. The molecule has 1 heterocycles. The monoisotopic (exact) mass is 230 g/mol. The van der Waals surface area contributed by atoms with Gasteiger partial charge in [-0.2, -0.15) is 0 Å². The lowest BCUT2D eigenvalue weighted by Crippen LogP contribution is -2.19. The molecule has 1 N–H and O–H groups in total. The summed E-state index contributed by atoms with van der Waals surface area (Å²) >= 11 is 3.26. The summed E-state index contributed by atoms with van der Waals surface area (Å²) in [6.07, 6.45) is 4.78. The summed E-state index contributed by atoms with van der Waals surface area (Å²) in [6, 6.07) is 1.83. The maximum Gasteiger partial charge on any atom is 0.174 e. The Bertz CT molecular complexity index is 265. The van der Waals surface area contributed by atoms with Crippen LogP contribution in [-0.2, 0) is 0 Å². The number of aliphatic hydroxyl groups excluding tert-OH is 1. The first-order valence-corrected chi connectivity index (χ1v) is 4.99. The maximum atomic E-state index is 9.82. The summed E-state index contributed by atoms with van der Waals surface area (Å²) in [5.41, 5.74) is 0.889. The SMILES string of the molecule is OC(c1ccoc1Br)C1CCC1. The fourth-order valence-electron chi connectivity index (χ4n) is 1.52. The van der Waals surface area contributed by atoms with Gasteiger partial charge in [-0.3, -0.25) is 0 Å². The zero-order valence-electron chi connectivity index (χ0n) is 6.66. The van der Waals surface area contributed by atoms with Crippen molar-refractivity contribution in [2.24, 2.45) is 5.92 Å². The molecule has 1 aromatic rings. The van der Waals surface area contributed by atoms with E-state index in [1.165, 1.54) is 6.42 Å². The van der Waals surface area contributed by atoms with Gasteiger partial charge in [0.2, 0.25) is 0 Å². The van der Waals surface area contributed by atoms with Crippen LogP contribution in [0.3, 0.4) is 0 Å². The van der Waals surface area contributed by atoms with Crippen LogP contribution in [0.25, 0.3) is 0 Å². The Balaban J connectivity index is 2.13. The van der Waals surface area contributed by atoms with Crippen molar-refractivity contribution in [1.82, 2.24) is 0 Å². The molecule has 2 nitrogen and oxygen atoms in total. The quantitative estimate of drug-likeness (QED) is 0.848. The van der Waals surface area contributed by atoms with E-state index in [4.69, 9.17) is 4.42 Å². The van der Waals surface area contributed by atoms with Crippen LogP contribution in [0.5, 0.6) is 0 Å². The third-order valence-corrected chi connectivity index (χ3v) is 3.21. The molecular weight excluding hydrogens is 220 g/mol. The van der Waals surface area contributed by atoms with Gasteiger partial charge in [0.1, 0.15) is 0 Å². The number of halogens is 1. The minimum atomic E-state index is -0.341. The van der Waals surface area contributed by atoms with Gasteiger partial charge in [-0.05, 0) is 40.8 Å². The lowest BCUT2D eigenvalue weighted by Gasteiger charge is -2.29. The van der Waals surface area contributed by atoms with E-state index in [9.17, 15) is 5.11 Å². The highest BCUT2D eigenvalue weighted by Gasteiger charge is 2.28. The molecular formula is C9H11BrO2. The van der Waals surface area contributed by atoms with Crippen LogP contribution in [0.1, 0.15) is 30.9 Å². The van der Waals surface area contributed by atoms with Gasteiger partial charge in [0.15, 0.2) is 4.67 Å². The summed E-state index contributed by atoms with van der Waals surface area (Å²) in [5.74, 6) is 0.443. The average molecular weight is 231 g/mol. The molecule has 1 aliphatic rings. The molecule has 1 aromatic heterocycles. The molecule has 0 radical (unpaired) electrons. The molecule has 2 rings (SSSR count). The van der Waals surface area contributed by atoms with Gasteiger partial charge in [-0.25, -0.2) is 0 Å². The molecule has 1 atom stereocenters. The number of hydrogen-bond donors (Lipinski definition) is 1. The van der Waals surface area contributed by atoms with Crippen LogP contribution in [0.15, 0.2) is 21.4 Å². The summed E-state index contributed by atoms with van der Waals surface area (Å²) in [4.78, 5) is 0. The summed E-state index contributed by atoms with van der Waals surface area (Å²) in [7, 11) is 0. The van der Waals surface area contributed by atoms with E-state index in [1.54, 1.807) is 6.26 Å². The fourth-order valence-corrected chi connectivity index (χ4v) is 2.00. The summed E-state index contributed by atoms with van der Waals surface area (Å²) in [6.45, 7) is 0. The van der Waals surface area contributed by atoms with Gasteiger partial charge in [-0.1, -0.05) is 6.42 Å². The first-order chi connectivity index (χ1) is 5.79. The molecule has 0 aliphatic heterocycles. The van der Waals surface area contributed by atoms with Crippen LogP contribution >= 0.6 is 15.9 Å². The molecule has 0 bridgehead atoms. The zero-order valence-corrected chi connectivity index (χ0v) is 8.25. The van der Waals surface area contributed by atoms with Crippen molar-refractivity contribution >= 4 is 15.9 Å². The van der Waals surface area contributed by atoms with Gasteiger partial charge in [-0.15, -0.1) is 0 Å². The second-order valence-corrected chi connectivity index (χ2v) is 4.01. The smallest absolute Gasteiger partial charge is 0.174 e. The Kier molecular flexibility index (Phi) is 2.24. The highest BCUT2D eigenvalue weighted by atomic mass is 79.9. The molecule has 0 saturated heterocycles. The predicted octanol–water partition coefficient (Wildman–Crippen LogP) is 2.88.